The van der Waals surface area contributed by atoms with Crippen LogP contribution in [-0.2, 0) is 4.79 Å². The summed E-state index contributed by atoms with van der Waals surface area (Å²) in [5.41, 5.74) is 2.79. The lowest BCUT2D eigenvalue weighted by Gasteiger charge is -2.34. The van der Waals surface area contributed by atoms with Gasteiger partial charge in [-0.15, -0.1) is 5.10 Å². The molecule has 5 rings (SSSR count). The van der Waals surface area contributed by atoms with Crippen LogP contribution in [0.15, 0.2) is 91.1 Å². The normalized spacial score (nSPS) is 16.7. The monoisotopic (exact) mass is 467 g/mol. The summed E-state index contributed by atoms with van der Waals surface area (Å²) in [4.78, 5) is 18.4. The molecule has 3 aromatic carbocycles. The number of carbonyl (C=O) groups excluding carboxylic acids is 1. The average Bonchev–Trinajstić information content (AvgIpc) is 3.32. The second-order valence-electron chi connectivity index (χ2n) is 8.11. The van der Waals surface area contributed by atoms with E-state index in [0.717, 1.165) is 11.1 Å². The van der Waals surface area contributed by atoms with Crippen LogP contribution in [0.1, 0.15) is 11.6 Å². The van der Waals surface area contributed by atoms with Crippen molar-refractivity contribution < 1.29 is 14.3 Å². The topological polar surface area (TPSA) is 90.3 Å². The van der Waals surface area contributed by atoms with Crippen molar-refractivity contribution in [2.45, 2.75) is 6.04 Å². The van der Waals surface area contributed by atoms with Crippen molar-refractivity contribution in [3.8, 4) is 22.9 Å². The van der Waals surface area contributed by atoms with Gasteiger partial charge < -0.3 is 20.1 Å². The lowest BCUT2D eigenvalue weighted by Crippen LogP contribution is -2.39. The third-order valence-corrected chi connectivity index (χ3v) is 5.97. The van der Waals surface area contributed by atoms with E-state index < -0.39 is 12.0 Å². The minimum Gasteiger partial charge on any atom is -0.497 e. The molecule has 0 saturated carbocycles. The van der Waals surface area contributed by atoms with E-state index in [1.165, 1.54) is 0 Å². The van der Waals surface area contributed by atoms with E-state index in [-0.39, 0.29) is 5.91 Å². The Kier molecular flexibility index (Phi) is 5.93. The Hall–Kier alpha value is -4.59. The number of rotatable bonds is 6. The van der Waals surface area contributed by atoms with Crippen molar-refractivity contribution >= 4 is 17.5 Å². The molecule has 2 N–H and O–H groups in total. The summed E-state index contributed by atoms with van der Waals surface area (Å²) in [6.07, 6.45) is 0. The predicted octanol–water partition coefficient (Wildman–Crippen LogP) is 4.75. The zero-order valence-corrected chi connectivity index (χ0v) is 19.4. The van der Waals surface area contributed by atoms with Crippen molar-refractivity contribution in [2.24, 2.45) is 5.92 Å². The number of hydrogen-bond acceptors (Lipinski definition) is 6. The highest BCUT2D eigenvalue weighted by Crippen LogP contribution is 2.43. The third kappa shape index (κ3) is 4.21. The molecule has 0 bridgehead atoms. The number of amides is 1. The first-order chi connectivity index (χ1) is 17.1. The molecule has 2 heterocycles. The molecule has 1 aromatic heterocycles. The summed E-state index contributed by atoms with van der Waals surface area (Å²) in [5.74, 6) is 1.33. The predicted molar refractivity (Wildman–Crippen MR) is 134 cm³/mol. The maximum atomic E-state index is 13.7. The summed E-state index contributed by atoms with van der Waals surface area (Å²) >= 11 is 0. The van der Waals surface area contributed by atoms with Crippen LogP contribution in [0.4, 0.5) is 11.6 Å². The first-order valence-corrected chi connectivity index (χ1v) is 11.1. The van der Waals surface area contributed by atoms with Crippen molar-refractivity contribution in [2.75, 3.05) is 24.9 Å². The Morgan fingerprint density at radius 3 is 2.40 bits per heavy atom. The molecule has 2 atom stereocenters. The molecular weight excluding hydrogens is 442 g/mol. The van der Waals surface area contributed by atoms with Crippen molar-refractivity contribution in [3.63, 3.8) is 0 Å². The molecule has 0 radical (unpaired) electrons. The number of hydrogen-bond donors (Lipinski definition) is 2. The number of anilines is 2. The van der Waals surface area contributed by atoms with Crippen molar-refractivity contribution in [1.82, 2.24) is 14.8 Å². The zero-order chi connectivity index (χ0) is 24.4. The molecule has 0 spiro atoms. The van der Waals surface area contributed by atoms with Crippen LogP contribution in [0, 0.1) is 5.92 Å². The molecule has 35 heavy (non-hydrogen) atoms. The molecule has 0 aliphatic carbocycles. The highest BCUT2D eigenvalue weighted by Gasteiger charge is 2.41. The summed E-state index contributed by atoms with van der Waals surface area (Å²) in [5, 5.41) is 11.0. The van der Waals surface area contributed by atoms with Gasteiger partial charge in [0.05, 0.1) is 14.2 Å². The Labute approximate surface area is 203 Å². The minimum atomic E-state index is -0.714. The fraction of sp³-hybridized carbons (Fsp3) is 0.148. The van der Waals surface area contributed by atoms with Crippen molar-refractivity contribution in [3.05, 3.63) is 96.7 Å². The zero-order valence-electron chi connectivity index (χ0n) is 19.4. The van der Waals surface area contributed by atoms with Crippen LogP contribution in [0.25, 0.3) is 11.4 Å². The Bertz CT molecular complexity index is 1370. The second-order valence-corrected chi connectivity index (χ2v) is 8.11. The molecular formula is C27H25N5O3. The molecule has 2 unspecified atom stereocenters. The van der Waals surface area contributed by atoms with E-state index in [1.807, 2.05) is 78.9 Å². The van der Waals surface area contributed by atoms with Gasteiger partial charge in [-0.05, 0) is 30.3 Å². The number of para-hydroxylation sites is 1. The minimum absolute atomic E-state index is 0.231. The molecule has 4 aromatic rings. The molecule has 8 heteroatoms. The summed E-state index contributed by atoms with van der Waals surface area (Å²) < 4.78 is 12.9. The van der Waals surface area contributed by atoms with Gasteiger partial charge in [-0.1, -0.05) is 55.1 Å². The van der Waals surface area contributed by atoms with E-state index >= 15 is 0 Å². The smallest absolute Gasteiger partial charge is 0.235 e. The van der Waals surface area contributed by atoms with Gasteiger partial charge in [0.25, 0.3) is 0 Å². The SMILES string of the molecule is C=C1Nc2nc(-c3ccccc3)nn2C(c2cc(OC)ccc2OC)C1C(=O)Nc1ccccc1. The van der Waals surface area contributed by atoms with Crippen LogP contribution < -0.4 is 20.1 Å². The number of ether oxygens (including phenoxy) is 2. The van der Waals surface area contributed by atoms with E-state index in [4.69, 9.17) is 19.6 Å². The summed E-state index contributed by atoms with van der Waals surface area (Å²) in [7, 11) is 3.19. The Morgan fingerprint density at radius 2 is 1.71 bits per heavy atom. The highest BCUT2D eigenvalue weighted by atomic mass is 16.5. The maximum absolute atomic E-state index is 13.7. The molecule has 1 aliphatic heterocycles. The molecule has 0 fully saturated rings. The van der Waals surface area contributed by atoms with Crippen LogP contribution in [0.5, 0.6) is 11.5 Å². The largest absolute Gasteiger partial charge is 0.497 e. The van der Waals surface area contributed by atoms with E-state index in [2.05, 4.69) is 17.2 Å². The van der Waals surface area contributed by atoms with E-state index in [9.17, 15) is 4.79 Å². The lowest BCUT2D eigenvalue weighted by atomic mass is 9.87. The van der Waals surface area contributed by atoms with Gasteiger partial charge in [-0.25, -0.2) is 4.68 Å². The highest BCUT2D eigenvalue weighted by molar-refractivity contribution is 5.95. The first kappa shape index (κ1) is 22.2. The number of aromatic nitrogens is 3. The average molecular weight is 468 g/mol. The van der Waals surface area contributed by atoms with Gasteiger partial charge in [0.15, 0.2) is 5.82 Å². The van der Waals surface area contributed by atoms with Crippen LogP contribution in [0.2, 0.25) is 0 Å². The molecule has 0 saturated heterocycles. The molecule has 8 nitrogen and oxygen atoms in total. The number of nitrogens with zero attached hydrogens (tertiary/aromatic N) is 3. The van der Waals surface area contributed by atoms with Gasteiger partial charge >= 0.3 is 0 Å². The Balaban J connectivity index is 1.66. The van der Waals surface area contributed by atoms with Gasteiger partial charge in [-0.3, -0.25) is 4.79 Å². The van der Waals surface area contributed by atoms with E-state index in [0.29, 0.717) is 34.7 Å². The summed E-state index contributed by atoms with van der Waals surface area (Å²) in [6, 6.07) is 23.9. The number of carbonyl (C=O) groups is 1. The fourth-order valence-corrected chi connectivity index (χ4v) is 4.29. The van der Waals surface area contributed by atoms with Crippen LogP contribution >= 0.6 is 0 Å². The van der Waals surface area contributed by atoms with Gasteiger partial charge in [0, 0.05) is 22.5 Å². The quantitative estimate of drug-likeness (QED) is 0.426. The lowest BCUT2D eigenvalue weighted by molar-refractivity contribution is -0.119. The maximum Gasteiger partial charge on any atom is 0.235 e. The van der Waals surface area contributed by atoms with Crippen LogP contribution in [0.3, 0.4) is 0 Å². The fourth-order valence-electron chi connectivity index (χ4n) is 4.29. The van der Waals surface area contributed by atoms with Gasteiger partial charge in [-0.2, -0.15) is 4.98 Å². The second kappa shape index (κ2) is 9.34. The first-order valence-electron chi connectivity index (χ1n) is 11.1. The molecule has 1 amide bonds. The number of benzene rings is 3. The molecule has 176 valence electrons. The number of fused-ring (bicyclic) bond motifs is 1. The van der Waals surface area contributed by atoms with Gasteiger partial charge in [0.1, 0.15) is 23.5 Å². The molecule has 1 aliphatic rings. The third-order valence-electron chi connectivity index (χ3n) is 5.97. The number of nitrogens with one attached hydrogen (secondary N) is 2. The summed E-state index contributed by atoms with van der Waals surface area (Å²) in [6.45, 7) is 4.19. The van der Waals surface area contributed by atoms with Crippen molar-refractivity contribution in [1.29, 1.82) is 0 Å². The Morgan fingerprint density at radius 1 is 1.00 bits per heavy atom. The van der Waals surface area contributed by atoms with Crippen LogP contribution in [-0.4, -0.2) is 34.9 Å². The standard InChI is InChI=1S/C27H25N5O3/c1-17-23(26(33)29-19-12-8-5-9-13-19)24(21-16-20(34-2)14-15-22(21)35-3)32-27(28-17)30-25(31-32)18-10-6-4-7-11-18/h4-16,23-24H,1H2,2-3H3,(H,29,33)(H,28,30,31). The van der Waals surface area contributed by atoms with E-state index in [1.54, 1.807) is 18.9 Å². The number of methoxy groups -OCH3 is 2. The van der Waals surface area contributed by atoms with Gasteiger partial charge in [0.2, 0.25) is 11.9 Å².